The molecule has 1 saturated heterocycles. The summed E-state index contributed by atoms with van der Waals surface area (Å²) in [5.74, 6) is 6.45. The molecule has 1 aliphatic heterocycles. The van der Waals surface area contributed by atoms with Gasteiger partial charge in [0, 0.05) is 24.2 Å². The first-order valence-electron chi connectivity index (χ1n) is 9.39. The second kappa shape index (κ2) is 8.71. The minimum Gasteiger partial charge on any atom is -0.383 e. The van der Waals surface area contributed by atoms with Gasteiger partial charge in [0.1, 0.15) is 23.7 Å². The average Bonchev–Trinajstić information content (AvgIpc) is 3.10. The molecular weight excluding hydrogens is 366 g/mol. The summed E-state index contributed by atoms with van der Waals surface area (Å²) in [7, 11) is 2.11. The Bertz CT molecular complexity index is 1010. The zero-order chi connectivity index (χ0) is 21.0. The highest BCUT2D eigenvalue weighted by Gasteiger charge is 2.20. The predicted octanol–water partition coefficient (Wildman–Crippen LogP) is 1.25. The quantitative estimate of drug-likeness (QED) is 0.448. The van der Waals surface area contributed by atoms with Crippen LogP contribution in [-0.4, -0.2) is 53.2 Å². The standard InChI is InChI=1S/C21H25N7O/c1-13-3-4-16(20(24)29)9-15(13)5-6-17(22)18-19(23)26-12-27-21(18)25-10-14-7-8-28(2)11-14/h3-4,9,12,14,22H,7-8,10-11H2,1-2H3,(H2,24,29)(H3,23,25,26,27). The van der Waals surface area contributed by atoms with Crippen LogP contribution in [0.15, 0.2) is 24.5 Å². The number of aryl methyl sites for hydroxylation is 1. The van der Waals surface area contributed by atoms with Crippen molar-refractivity contribution in [2.75, 3.05) is 37.7 Å². The fraction of sp³-hybridized carbons (Fsp3) is 0.333. The highest BCUT2D eigenvalue weighted by Crippen LogP contribution is 2.20. The number of anilines is 2. The largest absolute Gasteiger partial charge is 0.383 e. The van der Waals surface area contributed by atoms with Crippen LogP contribution in [0, 0.1) is 30.1 Å². The Kier molecular flexibility index (Phi) is 6.10. The first-order chi connectivity index (χ1) is 13.8. The summed E-state index contributed by atoms with van der Waals surface area (Å²) in [5, 5.41) is 11.7. The summed E-state index contributed by atoms with van der Waals surface area (Å²) in [4.78, 5) is 22.0. The van der Waals surface area contributed by atoms with E-state index in [0.29, 0.717) is 28.4 Å². The fourth-order valence-corrected chi connectivity index (χ4v) is 3.32. The van der Waals surface area contributed by atoms with E-state index in [-0.39, 0.29) is 11.5 Å². The molecule has 150 valence electrons. The number of likely N-dealkylation sites (tertiary alicyclic amines) is 1. The SMILES string of the molecule is Cc1ccc(C(N)=O)cc1C#CC(=N)c1c(N)ncnc1NCC1CCN(C)C1. The van der Waals surface area contributed by atoms with Crippen molar-refractivity contribution in [3.05, 3.63) is 46.8 Å². The highest BCUT2D eigenvalue weighted by molar-refractivity contribution is 6.16. The van der Waals surface area contributed by atoms with Gasteiger partial charge in [-0.2, -0.15) is 0 Å². The van der Waals surface area contributed by atoms with Gasteiger partial charge in [-0.15, -0.1) is 0 Å². The van der Waals surface area contributed by atoms with E-state index < -0.39 is 5.91 Å². The van der Waals surface area contributed by atoms with Gasteiger partial charge in [0.15, 0.2) is 0 Å². The molecule has 8 heteroatoms. The molecular formula is C21H25N7O. The molecule has 29 heavy (non-hydrogen) atoms. The molecule has 1 amide bonds. The van der Waals surface area contributed by atoms with E-state index in [9.17, 15) is 4.79 Å². The van der Waals surface area contributed by atoms with Crippen LogP contribution in [0.5, 0.6) is 0 Å². The number of amides is 1. The summed E-state index contributed by atoms with van der Waals surface area (Å²) >= 11 is 0. The van der Waals surface area contributed by atoms with Crippen LogP contribution in [0.2, 0.25) is 0 Å². The molecule has 1 unspecified atom stereocenters. The Morgan fingerprint density at radius 3 is 2.90 bits per heavy atom. The molecule has 1 aliphatic rings. The summed E-state index contributed by atoms with van der Waals surface area (Å²) in [6.45, 7) is 4.73. The molecule has 2 heterocycles. The number of rotatable bonds is 5. The molecule has 0 saturated carbocycles. The number of nitrogens with zero attached hydrogens (tertiary/aromatic N) is 3. The van der Waals surface area contributed by atoms with Gasteiger partial charge in [-0.3, -0.25) is 10.2 Å². The van der Waals surface area contributed by atoms with Gasteiger partial charge >= 0.3 is 0 Å². The highest BCUT2D eigenvalue weighted by atomic mass is 16.1. The first kappa shape index (κ1) is 20.3. The summed E-state index contributed by atoms with van der Waals surface area (Å²) in [6, 6.07) is 5.05. The smallest absolute Gasteiger partial charge is 0.248 e. The number of hydrogen-bond donors (Lipinski definition) is 4. The van der Waals surface area contributed by atoms with Crippen LogP contribution in [0.3, 0.4) is 0 Å². The van der Waals surface area contributed by atoms with Crippen LogP contribution >= 0.6 is 0 Å². The number of carbonyl (C=O) groups is 1. The minimum atomic E-state index is -0.520. The lowest BCUT2D eigenvalue weighted by atomic mass is 10.0. The predicted molar refractivity (Wildman–Crippen MR) is 114 cm³/mol. The van der Waals surface area contributed by atoms with E-state index >= 15 is 0 Å². The molecule has 8 nitrogen and oxygen atoms in total. The van der Waals surface area contributed by atoms with Crippen molar-refractivity contribution in [3.63, 3.8) is 0 Å². The zero-order valence-corrected chi connectivity index (χ0v) is 16.6. The Morgan fingerprint density at radius 2 is 2.21 bits per heavy atom. The van der Waals surface area contributed by atoms with E-state index in [1.807, 2.05) is 6.92 Å². The van der Waals surface area contributed by atoms with Crippen LogP contribution in [0.1, 0.15) is 33.5 Å². The number of carbonyl (C=O) groups excluding carboxylic acids is 1. The number of benzene rings is 1. The van der Waals surface area contributed by atoms with Crippen molar-refractivity contribution in [2.45, 2.75) is 13.3 Å². The molecule has 2 aromatic rings. The third-order valence-corrected chi connectivity index (χ3v) is 5.02. The number of hydrogen-bond acceptors (Lipinski definition) is 7. The Balaban J connectivity index is 1.82. The molecule has 0 aliphatic carbocycles. The summed E-state index contributed by atoms with van der Waals surface area (Å²) < 4.78 is 0. The number of nitrogens with two attached hydrogens (primary N) is 2. The number of aromatic nitrogens is 2. The summed E-state index contributed by atoms with van der Waals surface area (Å²) in [6.07, 6.45) is 2.50. The van der Waals surface area contributed by atoms with Gasteiger partial charge in [0.2, 0.25) is 5.91 Å². The number of nitrogen functional groups attached to an aromatic ring is 1. The van der Waals surface area contributed by atoms with Crippen LogP contribution in [0.4, 0.5) is 11.6 Å². The van der Waals surface area contributed by atoms with E-state index in [2.05, 4.69) is 39.1 Å². The van der Waals surface area contributed by atoms with Crippen molar-refractivity contribution >= 4 is 23.3 Å². The van der Waals surface area contributed by atoms with Crippen LogP contribution < -0.4 is 16.8 Å². The van der Waals surface area contributed by atoms with Crippen LogP contribution in [0.25, 0.3) is 0 Å². The maximum atomic E-state index is 11.4. The number of primary amides is 1. The van der Waals surface area contributed by atoms with Gasteiger partial charge in [-0.1, -0.05) is 12.0 Å². The van der Waals surface area contributed by atoms with Gasteiger partial charge < -0.3 is 21.7 Å². The van der Waals surface area contributed by atoms with Crippen molar-refractivity contribution in [1.82, 2.24) is 14.9 Å². The van der Waals surface area contributed by atoms with Gasteiger partial charge in [-0.05, 0) is 56.5 Å². The minimum absolute atomic E-state index is 0.0121. The van der Waals surface area contributed by atoms with E-state index in [1.54, 1.807) is 18.2 Å². The van der Waals surface area contributed by atoms with E-state index in [0.717, 1.165) is 31.6 Å². The Morgan fingerprint density at radius 1 is 1.41 bits per heavy atom. The average molecular weight is 391 g/mol. The lowest BCUT2D eigenvalue weighted by Crippen LogP contribution is -2.21. The zero-order valence-electron chi connectivity index (χ0n) is 16.6. The second-order valence-electron chi connectivity index (χ2n) is 7.30. The first-order valence-corrected chi connectivity index (χ1v) is 9.39. The topological polar surface area (TPSA) is 134 Å². The second-order valence-corrected chi connectivity index (χ2v) is 7.30. The normalized spacial score (nSPS) is 16.1. The molecule has 1 aromatic carbocycles. The Hall–Kier alpha value is -3.44. The van der Waals surface area contributed by atoms with Gasteiger partial charge in [-0.25, -0.2) is 9.97 Å². The van der Waals surface area contributed by atoms with Gasteiger partial charge in [0.05, 0.1) is 5.56 Å². The van der Waals surface area contributed by atoms with E-state index in [1.165, 1.54) is 6.33 Å². The molecule has 1 atom stereocenters. The number of nitrogens with one attached hydrogen (secondary N) is 2. The lowest BCUT2D eigenvalue weighted by Gasteiger charge is -2.14. The van der Waals surface area contributed by atoms with E-state index in [4.69, 9.17) is 16.9 Å². The molecule has 1 aromatic heterocycles. The maximum absolute atomic E-state index is 11.4. The lowest BCUT2D eigenvalue weighted by molar-refractivity contribution is 0.1000. The van der Waals surface area contributed by atoms with Crippen molar-refractivity contribution in [1.29, 1.82) is 5.41 Å². The molecule has 1 fully saturated rings. The molecule has 0 spiro atoms. The summed E-state index contributed by atoms with van der Waals surface area (Å²) in [5.41, 5.74) is 13.6. The molecule has 3 rings (SSSR count). The van der Waals surface area contributed by atoms with Crippen molar-refractivity contribution in [2.24, 2.45) is 11.7 Å². The molecule has 0 bridgehead atoms. The van der Waals surface area contributed by atoms with Crippen molar-refractivity contribution in [3.8, 4) is 11.8 Å². The fourth-order valence-electron chi connectivity index (χ4n) is 3.32. The third-order valence-electron chi connectivity index (χ3n) is 5.02. The molecule has 6 N–H and O–H groups in total. The monoisotopic (exact) mass is 391 g/mol. The van der Waals surface area contributed by atoms with Crippen molar-refractivity contribution < 1.29 is 4.79 Å². The Labute approximate surface area is 170 Å². The van der Waals surface area contributed by atoms with Gasteiger partial charge in [0.25, 0.3) is 0 Å². The maximum Gasteiger partial charge on any atom is 0.248 e. The third kappa shape index (κ3) is 4.89. The molecule has 0 radical (unpaired) electrons. The van der Waals surface area contributed by atoms with Crippen LogP contribution in [-0.2, 0) is 0 Å².